The highest BCUT2D eigenvalue weighted by atomic mass is 16.5. The lowest BCUT2D eigenvalue weighted by molar-refractivity contribution is 0.0398. The van der Waals surface area contributed by atoms with E-state index in [1.165, 1.54) is 24.0 Å². The van der Waals surface area contributed by atoms with Crippen molar-refractivity contribution in [3.8, 4) is 0 Å². The van der Waals surface area contributed by atoms with Gasteiger partial charge in [-0.1, -0.05) is 24.3 Å². The van der Waals surface area contributed by atoms with Gasteiger partial charge >= 0.3 is 0 Å². The summed E-state index contributed by atoms with van der Waals surface area (Å²) in [5.74, 6) is 0.865. The largest absolute Gasteiger partial charge is 0.382 e. The van der Waals surface area contributed by atoms with Crippen LogP contribution in [0, 0.1) is 0 Å². The molecule has 0 heterocycles. The summed E-state index contributed by atoms with van der Waals surface area (Å²) in [6, 6.07) is 8.69. The van der Waals surface area contributed by atoms with E-state index in [2.05, 4.69) is 39.9 Å². The molecule has 0 saturated heterocycles. The van der Waals surface area contributed by atoms with Gasteiger partial charge in [0.15, 0.2) is 5.96 Å². The zero-order chi connectivity index (χ0) is 18.5. The van der Waals surface area contributed by atoms with E-state index in [1.807, 2.05) is 14.0 Å². The standard InChI is InChI=1S/C21H35N3O2/c1-3-25-16-7-6-14-23-21(22-2)24-15-9-17-26-20-13-8-11-18-10-4-5-12-19(18)20/h4-5,10,12,20H,3,6-9,11,13-17H2,1-2H3,(H2,22,23,24). The summed E-state index contributed by atoms with van der Waals surface area (Å²) in [4.78, 5) is 4.26. The Morgan fingerprint density at radius 3 is 2.73 bits per heavy atom. The van der Waals surface area contributed by atoms with Gasteiger partial charge in [0.05, 0.1) is 6.10 Å². The lowest BCUT2D eigenvalue weighted by Gasteiger charge is -2.25. The monoisotopic (exact) mass is 361 g/mol. The molecule has 2 N–H and O–H groups in total. The minimum Gasteiger partial charge on any atom is -0.382 e. The second kappa shape index (κ2) is 12.7. The maximum Gasteiger partial charge on any atom is 0.190 e. The summed E-state index contributed by atoms with van der Waals surface area (Å²) in [6.07, 6.45) is 6.95. The Hall–Kier alpha value is -1.59. The van der Waals surface area contributed by atoms with Crippen LogP contribution in [0.2, 0.25) is 0 Å². The van der Waals surface area contributed by atoms with Gasteiger partial charge in [0, 0.05) is 40.0 Å². The number of hydrogen-bond donors (Lipinski definition) is 2. The molecule has 0 bridgehead atoms. The van der Waals surface area contributed by atoms with Gasteiger partial charge in [0.25, 0.3) is 0 Å². The number of hydrogen-bond acceptors (Lipinski definition) is 3. The summed E-state index contributed by atoms with van der Waals surface area (Å²) in [5, 5.41) is 6.70. The maximum absolute atomic E-state index is 6.15. The van der Waals surface area contributed by atoms with E-state index < -0.39 is 0 Å². The molecule has 1 unspecified atom stereocenters. The highest BCUT2D eigenvalue weighted by Crippen LogP contribution is 2.32. The van der Waals surface area contributed by atoms with Gasteiger partial charge in [-0.15, -0.1) is 0 Å². The van der Waals surface area contributed by atoms with Crippen LogP contribution in [0.5, 0.6) is 0 Å². The average Bonchev–Trinajstić information content (AvgIpc) is 2.68. The van der Waals surface area contributed by atoms with Gasteiger partial charge in [0.1, 0.15) is 0 Å². The molecule has 26 heavy (non-hydrogen) atoms. The van der Waals surface area contributed by atoms with Crippen LogP contribution in [-0.2, 0) is 15.9 Å². The van der Waals surface area contributed by atoms with Crippen LogP contribution in [0.4, 0.5) is 0 Å². The molecule has 5 nitrogen and oxygen atoms in total. The van der Waals surface area contributed by atoms with Crippen LogP contribution >= 0.6 is 0 Å². The van der Waals surface area contributed by atoms with E-state index >= 15 is 0 Å². The van der Waals surface area contributed by atoms with E-state index in [4.69, 9.17) is 9.47 Å². The molecule has 5 heteroatoms. The summed E-state index contributed by atoms with van der Waals surface area (Å²) in [6.45, 7) is 6.23. The number of unbranched alkanes of at least 4 members (excludes halogenated alkanes) is 1. The van der Waals surface area contributed by atoms with Crippen LogP contribution in [0.3, 0.4) is 0 Å². The molecule has 1 aromatic rings. The number of ether oxygens (including phenoxy) is 2. The molecule has 146 valence electrons. The summed E-state index contributed by atoms with van der Waals surface area (Å²) in [5.41, 5.74) is 2.84. The van der Waals surface area contributed by atoms with Crippen LogP contribution in [-0.4, -0.2) is 45.9 Å². The van der Waals surface area contributed by atoms with E-state index in [-0.39, 0.29) is 6.10 Å². The summed E-state index contributed by atoms with van der Waals surface area (Å²) in [7, 11) is 1.81. The molecule has 0 amide bonds. The number of guanidine groups is 1. The molecule has 1 aliphatic carbocycles. The van der Waals surface area contributed by atoms with Gasteiger partial charge in [0.2, 0.25) is 0 Å². The highest BCUT2D eigenvalue weighted by molar-refractivity contribution is 5.79. The van der Waals surface area contributed by atoms with Crippen LogP contribution in [0.15, 0.2) is 29.3 Å². The number of benzene rings is 1. The maximum atomic E-state index is 6.15. The second-order valence-electron chi connectivity index (χ2n) is 6.63. The molecular formula is C21H35N3O2. The number of rotatable bonds is 11. The minimum absolute atomic E-state index is 0.266. The molecule has 0 saturated carbocycles. The van der Waals surface area contributed by atoms with Gasteiger partial charge in [-0.2, -0.15) is 0 Å². The first-order valence-electron chi connectivity index (χ1n) is 10.1. The first kappa shape index (κ1) is 20.7. The minimum atomic E-state index is 0.266. The Morgan fingerprint density at radius 1 is 1.12 bits per heavy atom. The molecule has 0 aromatic heterocycles. The molecule has 1 aliphatic rings. The van der Waals surface area contributed by atoms with Crippen LogP contribution in [0.1, 0.15) is 56.3 Å². The Morgan fingerprint density at radius 2 is 1.92 bits per heavy atom. The van der Waals surface area contributed by atoms with Gasteiger partial charge in [-0.25, -0.2) is 0 Å². The summed E-state index contributed by atoms with van der Waals surface area (Å²) >= 11 is 0. The predicted octanol–water partition coefficient (Wildman–Crippen LogP) is 3.45. The molecule has 1 aromatic carbocycles. The van der Waals surface area contributed by atoms with Crippen molar-refractivity contribution in [2.24, 2.45) is 4.99 Å². The number of aliphatic imine (C=N–C) groups is 1. The zero-order valence-corrected chi connectivity index (χ0v) is 16.4. The van der Waals surface area contributed by atoms with Crippen LogP contribution < -0.4 is 10.6 Å². The molecule has 0 aliphatic heterocycles. The Kier molecular flexibility index (Phi) is 10.1. The van der Waals surface area contributed by atoms with Gasteiger partial charge in [-0.3, -0.25) is 4.99 Å². The number of fused-ring (bicyclic) bond motifs is 1. The smallest absolute Gasteiger partial charge is 0.190 e. The van der Waals surface area contributed by atoms with E-state index in [0.717, 1.165) is 64.6 Å². The van der Waals surface area contributed by atoms with Crippen molar-refractivity contribution in [2.75, 3.05) is 40.0 Å². The number of nitrogens with one attached hydrogen (secondary N) is 2. The topological polar surface area (TPSA) is 54.9 Å². The Labute approximate surface area is 158 Å². The predicted molar refractivity (Wildman–Crippen MR) is 108 cm³/mol. The van der Waals surface area contributed by atoms with Crippen LogP contribution in [0.25, 0.3) is 0 Å². The SMILES string of the molecule is CCOCCCCNC(=NC)NCCCOC1CCCc2ccccc21. The van der Waals surface area contributed by atoms with Crippen molar-refractivity contribution >= 4 is 5.96 Å². The van der Waals surface area contributed by atoms with Crippen molar-refractivity contribution in [1.29, 1.82) is 0 Å². The molecule has 0 fully saturated rings. The lowest BCUT2D eigenvalue weighted by Crippen LogP contribution is -2.38. The lowest BCUT2D eigenvalue weighted by atomic mass is 9.89. The van der Waals surface area contributed by atoms with E-state index in [1.54, 1.807) is 0 Å². The number of aryl methyl sites for hydroxylation is 1. The fourth-order valence-electron chi connectivity index (χ4n) is 3.29. The fourth-order valence-corrected chi connectivity index (χ4v) is 3.29. The molecule has 1 atom stereocenters. The normalized spacial score (nSPS) is 17.0. The molecule has 0 radical (unpaired) electrons. The third-order valence-corrected chi connectivity index (χ3v) is 4.68. The Bertz CT molecular complexity index is 534. The summed E-state index contributed by atoms with van der Waals surface area (Å²) < 4.78 is 11.5. The van der Waals surface area contributed by atoms with Gasteiger partial charge in [-0.05, 0) is 56.6 Å². The Balaban J connectivity index is 1.56. The third kappa shape index (κ3) is 7.34. The van der Waals surface area contributed by atoms with Crippen molar-refractivity contribution in [1.82, 2.24) is 10.6 Å². The highest BCUT2D eigenvalue weighted by Gasteiger charge is 2.19. The fraction of sp³-hybridized carbons (Fsp3) is 0.667. The zero-order valence-electron chi connectivity index (χ0n) is 16.4. The second-order valence-corrected chi connectivity index (χ2v) is 6.63. The molecule has 2 rings (SSSR count). The van der Waals surface area contributed by atoms with Crippen molar-refractivity contribution in [3.05, 3.63) is 35.4 Å². The number of nitrogens with zero attached hydrogens (tertiary/aromatic N) is 1. The molecule has 0 spiro atoms. The van der Waals surface area contributed by atoms with Crippen molar-refractivity contribution in [2.45, 2.75) is 51.6 Å². The van der Waals surface area contributed by atoms with Gasteiger partial charge < -0.3 is 20.1 Å². The quantitative estimate of drug-likeness (QED) is 0.360. The third-order valence-electron chi connectivity index (χ3n) is 4.68. The van der Waals surface area contributed by atoms with E-state index in [9.17, 15) is 0 Å². The first-order valence-corrected chi connectivity index (χ1v) is 10.1. The van der Waals surface area contributed by atoms with E-state index in [0.29, 0.717) is 0 Å². The van der Waals surface area contributed by atoms with Crippen molar-refractivity contribution < 1.29 is 9.47 Å². The van der Waals surface area contributed by atoms with Crippen molar-refractivity contribution in [3.63, 3.8) is 0 Å². The first-order chi connectivity index (χ1) is 12.8. The average molecular weight is 362 g/mol. The molecular weight excluding hydrogens is 326 g/mol.